The van der Waals surface area contributed by atoms with Gasteiger partial charge in [0.15, 0.2) is 0 Å². The number of hydrogen-bond acceptors (Lipinski definition) is 8. The van der Waals surface area contributed by atoms with E-state index in [1.165, 1.54) is 0 Å². The van der Waals surface area contributed by atoms with Crippen LogP contribution >= 0.6 is 0 Å². The molecule has 3 aliphatic carbocycles. The van der Waals surface area contributed by atoms with Gasteiger partial charge in [-0.25, -0.2) is 0 Å². The van der Waals surface area contributed by atoms with Gasteiger partial charge in [0, 0.05) is 0 Å². The number of aliphatic hydroxyl groups is 4. The van der Waals surface area contributed by atoms with Crippen LogP contribution in [0.2, 0.25) is 0 Å². The fourth-order valence-electron chi connectivity index (χ4n) is 12.4. The quantitative estimate of drug-likeness (QED) is 0.0737. The van der Waals surface area contributed by atoms with Crippen LogP contribution in [0.3, 0.4) is 0 Å². The van der Waals surface area contributed by atoms with Crippen molar-refractivity contribution in [3.05, 3.63) is 106 Å². The molecule has 362 valence electrons. The highest BCUT2D eigenvalue weighted by Crippen LogP contribution is 2.66. The monoisotopic (exact) mass is 899 g/mol. The highest BCUT2D eigenvalue weighted by atomic mass is 16.5. The molecule has 2 aromatic rings. The Labute approximate surface area is 393 Å². The fraction of sp³-hybridized carbons (Fsp3) is 0.649. The highest BCUT2D eigenvalue weighted by Gasteiger charge is 2.63. The van der Waals surface area contributed by atoms with Gasteiger partial charge in [0.1, 0.15) is 24.7 Å². The molecule has 2 atom stereocenters. The summed E-state index contributed by atoms with van der Waals surface area (Å²) in [6.07, 6.45) is 8.17. The average Bonchev–Trinajstić information content (AvgIpc) is 3.52. The molecule has 0 fully saturated rings. The minimum atomic E-state index is -0.971. The maximum Gasteiger partial charge on any atom is 0.111 e. The Morgan fingerprint density at radius 3 is 1.06 bits per heavy atom. The third kappa shape index (κ3) is 10.9. The van der Waals surface area contributed by atoms with Crippen LogP contribution in [0.4, 0.5) is 0 Å². The van der Waals surface area contributed by atoms with Crippen LogP contribution in [0.1, 0.15) is 133 Å². The molecule has 0 saturated heterocycles. The second-order valence-electron chi connectivity index (χ2n) is 21.7. The molecule has 0 saturated carbocycles. The maximum atomic E-state index is 10.8. The minimum absolute atomic E-state index is 0.114. The normalized spacial score (nSPS) is 20.1. The molecule has 65 heavy (non-hydrogen) atoms. The summed E-state index contributed by atoms with van der Waals surface area (Å²) < 4.78 is 28.6. The van der Waals surface area contributed by atoms with Crippen molar-refractivity contribution in [3.8, 4) is 11.1 Å². The molecule has 2 unspecified atom stereocenters. The summed E-state index contributed by atoms with van der Waals surface area (Å²) in [4.78, 5) is 0. The molecule has 0 aromatic heterocycles. The van der Waals surface area contributed by atoms with E-state index in [2.05, 4.69) is 144 Å². The largest absolute Gasteiger partial charge is 0.495 e. The molecule has 2 aromatic carbocycles. The van der Waals surface area contributed by atoms with E-state index in [1.54, 1.807) is 0 Å². The van der Waals surface area contributed by atoms with Crippen molar-refractivity contribution < 1.29 is 39.4 Å². The number of benzene rings is 2. The third-order valence-electron chi connectivity index (χ3n) is 13.3. The van der Waals surface area contributed by atoms with Crippen molar-refractivity contribution in [2.45, 2.75) is 139 Å². The Morgan fingerprint density at radius 1 is 0.446 bits per heavy atom. The van der Waals surface area contributed by atoms with Crippen LogP contribution in [0.25, 0.3) is 11.1 Å². The average molecular weight is 899 g/mol. The molecular weight excluding hydrogens is 813 g/mol. The number of aliphatic hydroxyl groups excluding tert-OH is 4. The molecule has 3 aliphatic rings. The summed E-state index contributed by atoms with van der Waals surface area (Å²) in [5.41, 5.74) is 6.65. The summed E-state index contributed by atoms with van der Waals surface area (Å²) in [7, 11) is 0. The van der Waals surface area contributed by atoms with Gasteiger partial charge in [-0.1, -0.05) is 144 Å². The third-order valence-corrected chi connectivity index (χ3v) is 13.3. The van der Waals surface area contributed by atoms with Crippen molar-refractivity contribution in [1.29, 1.82) is 0 Å². The van der Waals surface area contributed by atoms with Crippen LogP contribution in [-0.2, 0) is 24.4 Å². The van der Waals surface area contributed by atoms with Crippen LogP contribution < -0.4 is 0 Å². The first-order valence-corrected chi connectivity index (χ1v) is 25.0. The molecule has 0 aliphatic heterocycles. The lowest BCUT2D eigenvalue weighted by atomic mass is 9.52. The van der Waals surface area contributed by atoms with Crippen molar-refractivity contribution in [2.75, 3.05) is 52.9 Å². The maximum absolute atomic E-state index is 10.8. The van der Waals surface area contributed by atoms with Crippen molar-refractivity contribution in [1.82, 2.24) is 0 Å². The van der Waals surface area contributed by atoms with Crippen molar-refractivity contribution >= 4 is 0 Å². The Morgan fingerprint density at radius 2 is 0.769 bits per heavy atom. The summed E-state index contributed by atoms with van der Waals surface area (Å²) in [6.45, 7) is 27.3. The van der Waals surface area contributed by atoms with Gasteiger partial charge in [0.25, 0.3) is 0 Å². The van der Waals surface area contributed by atoms with Gasteiger partial charge in [-0.05, 0) is 119 Å². The van der Waals surface area contributed by atoms with Gasteiger partial charge in [0.2, 0.25) is 0 Å². The molecule has 4 N–H and O–H groups in total. The van der Waals surface area contributed by atoms with E-state index in [1.807, 2.05) is 0 Å². The van der Waals surface area contributed by atoms with Crippen molar-refractivity contribution in [2.24, 2.45) is 46.3 Å². The SMILES string of the molecule is CC(C)CC1=C(OCCO)C(CC(C)C)(CC(C)C)C(OCCO)C(C2(C3=CC(CC(C)C)=C(OCCO)C(CC(C)C)(CC(C)C)C3OCCO)c3ccccc3-c3ccccc32)=C1. The van der Waals surface area contributed by atoms with Gasteiger partial charge in [0.05, 0.1) is 68.1 Å². The van der Waals surface area contributed by atoms with Crippen LogP contribution in [0.5, 0.6) is 0 Å². The Balaban J connectivity index is 2.16. The number of hydrogen-bond donors (Lipinski definition) is 4. The number of rotatable bonds is 26. The Hall–Kier alpha value is -3.24. The molecular formula is C57H86O8. The summed E-state index contributed by atoms with van der Waals surface area (Å²) in [5.74, 6) is 3.32. The fourth-order valence-corrected chi connectivity index (χ4v) is 12.4. The first kappa shape index (κ1) is 52.7. The number of allylic oxidation sites excluding steroid dienone is 4. The molecule has 8 heteroatoms. The predicted octanol–water partition coefficient (Wildman–Crippen LogP) is 11.4. The lowest BCUT2D eigenvalue weighted by molar-refractivity contribution is -0.0755. The van der Waals surface area contributed by atoms with Gasteiger partial charge in [-0.2, -0.15) is 0 Å². The van der Waals surface area contributed by atoms with Gasteiger partial charge in [-0.15, -0.1) is 0 Å². The minimum Gasteiger partial charge on any atom is -0.495 e. The van der Waals surface area contributed by atoms with Crippen LogP contribution in [-0.4, -0.2) is 85.5 Å². The predicted molar refractivity (Wildman–Crippen MR) is 264 cm³/mol. The molecule has 0 bridgehead atoms. The summed E-state index contributed by atoms with van der Waals surface area (Å²) >= 11 is 0. The van der Waals surface area contributed by atoms with E-state index in [-0.39, 0.29) is 88.4 Å². The zero-order chi connectivity index (χ0) is 47.7. The highest BCUT2D eigenvalue weighted by molar-refractivity contribution is 5.87. The molecule has 0 heterocycles. The van der Waals surface area contributed by atoms with E-state index < -0.39 is 28.5 Å². The Bertz CT molecular complexity index is 1820. The van der Waals surface area contributed by atoms with E-state index in [4.69, 9.17) is 18.9 Å². The zero-order valence-corrected chi connectivity index (χ0v) is 42.2. The smallest absolute Gasteiger partial charge is 0.111 e. The molecule has 0 spiro atoms. The molecule has 5 rings (SSSR count). The van der Waals surface area contributed by atoms with Crippen molar-refractivity contribution in [3.63, 3.8) is 0 Å². The molecule has 0 radical (unpaired) electrons. The summed E-state index contributed by atoms with van der Waals surface area (Å²) in [5, 5.41) is 42.3. The second-order valence-corrected chi connectivity index (χ2v) is 21.7. The Kier molecular flexibility index (Phi) is 18.8. The molecule has 0 amide bonds. The second kappa shape index (κ2) is 23.2. The lowest BCUT2D eigenvalue weighted by Gasteiger charge is -2.56. The summed E-state index contributed by atoms with van der Waals surface area (Å²) in [6, 6.07) is 17.7. The standard InChI is InChI=1S/C57H86O8/c1-37(2)29-43-31-49(53(64-27-23-60)55(33-39(5)6,34-40(7)8)51(43)62-25-21-58)57(47-19-15-13-17-45(47)46-18-14-16-20-48(46)57)50-32-44(30-38(3)4)52(63-26-22-59)56(35-41(9)10,36-42(11)12)54(50)65-28-24-61/h13-20,31-32,37-42,53-54,58-61H,21-30,33-36H2,1-12H3. The lowest BCUT2D eigenvalue weighted by Crippen LogP contribution is -2.55. The van der Waals surface area contributed by atoms with E-state index >= 15 is 0 Å². The number of fused-ring (bicyclic) bond motifs is 3. The van der Waals surface area contributed by atoms with Gasteiger partial charge >= 0.3 is 0 Å². The first-order chi connectivity index (χ1) is 31.0. The van der Waals surface area contributed by atoms with E-state index in [0.717, 1.165) is 94.6 Å². The van der Waals surface area contributed by atoms with E-state index in [9.17, 15) is 20.4 Å². The van der Waals surface area contributed by atoms with Crippen LogP contribution in [0.15, 0.2) is 94.5 Å². The topological polar surface area (TPSA) is 118 Å². The zero-order valence-electron chi connectivity index (χ0n) is 42.2. The van der Waals surface area contributed by atoms with Gasteiger partial charge < -0.3 is 39.4 Å². The van der Waals surface area contributed by atoms with Crippen LogP contribution in [0, 0.1) is 46.3 Å². The molecule has 8 nitrogen and oxygen atoms in total. The number of ether oxygens (including phenoxy) is 4. The van der Waals surface area contributed by atoms with E-state index in [0.29, 0.717) is 0 Å². The first-order valence-electron chi connectivity index (χ1n) is 25.0. The van der Waals surface area contributed by atoms with Gasteiger partial charge in [-0.3, -0.25) is 0 Å².